The fraction of sp³-hybridized carbons (Fsp3) is 0.706. The van der Waals surface area contributed by atoms with E-state index >= 15 is 0 Å². The van der Waals surface area contributed by atoms with Crippen LogP contribution < -0.4 is 10.2 Å². The van der Waals surface area contributed by atoms with Crippen LogP contribution in [0.15, 0.2) is 21.5 Å². The van der Waals surface area contributed by atoms with Crippen LogP contribution >= 0.6 is 0 Å². The van der Waals surface area contributed by atoms with E-state index in [0.717, 1.165) is 6.07 Å². The van der Waals surface area contributed by atoms with E-state index in [-0.39, 0.29) is 18.1 Å². The second-order valence-corrected chi connectivity index (χ2v) is 6.89. The van der Waals surface area contributed by atoms with Gasteiger partial charge in [0.05, 0.1) is 19.5 Å². The predicted octanol–water partition coefficient (Wildman–Crippen LogP) is -3.41. The summed E-state index contributed by atoms with van der Waals surface area (Å²) < 4.78 is 26.2. The average molecular weight is 420 g/mol. The quantitative estimate of drug-likeness (QED) is 0.277. The zero-order valence-corrected chi connectivity index (χ0v) is 15.4. The van der Waals surface area contributed by atoms with Crippen molar-refractivity contribution in [3.63, 3.8) is 0 Å². The van der Waals surface area contributed by atoms with Crippen LogP contribution in [0.3, 0.4) is 0 Å². The van der Waals surface area contributed by atoms with E-state index in [9.17, 15) is 35.4 Å². The normalized spacial score (nSPS) is 40.6. The van der Waals surface area contributed by atoms with E-state index in [2.05, 4.69) is 0 Å². The predicted molar refractivity (Wildman–Crippen MR) is 90.7 cm³/mol. The number of aryl methyl sites for hydroxylation is 1. The molecule has 2 saturated heterocycles. The second-order valence-electron chi connectivity index (χ2n) is 6.89. The first kappa shape index (κ1) is 22.1. The first-order valence-electron chi connectivity index (χ1n) is 8.92. The molecule has 2 aliphatic heterocycles. The molecule has 0 aromatic carbocycles. The summed E-state index contributed by atoms with van der Waals surface area (Å²) in [6, 6.07) is 1.10. The molecule has 6 N–H and O–H groups in total. The van der Waals surface area contributed by atoms with Crippen molar-refractivity contribution in [2.45, 2.75) is 62.2 Å². The van der Waals surface area contributed by atoms with Gasteiger partial charge in [-0.1, -0.05) is 0 Å². The summed E-state index contributed by atoms with van der Waals surface area (Å²) in [6.07, 6.45) is -12.2. The van der Waals surface area contributed by atoms with Crippen molar-refractivity contribution in [1.82, 2.24) is 0 Å². The Morgan fingerprint density at radius 3 is 2.38 bits per heavy atom. The zero-order valence-electron chi connectivity index (χ0n) is 15.4. The summed E-state index contributed by atoms with van der Waals surface area (Å²) in [5.41, 5.74) is -0.538. The highest BCUT2D eigenvalue weighted by Crippen LogP contribution is 2.26. The van der Waals surface area contributed by atoms with Crippen molar-refractivity contribution < 1.29 is 54.0 Å². The number of aliphatic hydroxyl groups excluding tert-OH is 6. The van der Waals surface area contributed by atoms with Crippen LogP contribution in [0.1, 0.15) is 5.76 Å². The smallest absolute Gasteiger partial charge is 0.229 e. The van der Waals surface area contributed by atoms with Crippen molar-refractivity contribution in [1.29, 1.82) is 0 Å². The Morgan fingerprint density at radius 1 is 1.00 bits per heavy atom. The van der Waals surface area contributed by atoms with Crippen molar-refractivity contribution in [2.24, 2.45) is 0 Å². The minimum atomic E-state index is -1.69. The third-order valence-electron chi connectivity index (χ3n) is 4.79. The lowest BCUT2D eigenvalue weighted by atomic mass is 9.99. The van der Waals surface area contributed by atoms with Crippen LogP contribution in [0.25, 0.3) is 0 Å². The van der Waals surface area contributed by atoms with Crippen molar-refractivity contribution >= 4 is 0 Å². The molecule has 0 unspecified atom stereocenters. The Bertz CT molecular complexity index is 737. The summed E-state index contributed by atoms with van der Waals surface area (Å²) in [5.74, 6) is -0.115. The molecule has 0 bridgehead atoms. The Kier molecular flexibility index (Phi) is 6.88. The molecule has 1 aromatic rings. The molecule has 12 heteroatoms. The monoisotopic (exact) mass is 420 g/mol. The minimum absolute atomic E-state index is 0.119. The summed E-state index contributed by atoms with van der Waals surface area (Å²) in [4.78, 5) is 11.9. The van der Waals surface area contributed by atoms with Crippen molar-refractivity contribution in [3.05, 3.63) is 28.3 Å². The zero-order chi connectivity index (χ0) is 21.3. The van der Waals surface area contributed by atoms with Gasteiger partial charge in [-0.2, -0.15) is 0 Å². The summed E-state index contributed by atoms with van der Waals surface area (Å²) >= 11 is 0. The number of aliphatic hydroxyl groups is 6. The van der Waals surface area contributed by atoms with Crippen LogP contribution in [-0.4, -0.2) is 99.2 Å². The van der Waals surface area contributed by atoms with Crippen molar-refractivity contribution in [3.8, 4) is 5.75 Å². The van der Waals surface area contributed by atoms with E-state index in [1.54, 1.807) is 0 Å². The third-order valence-corrected chi connectivity index (χ3v) is 4.79. The molecule has 0 spiro atoms. The molecule has 12 nitrogen and oxygen atoms in total. The fourth-order valence-electron chi connectivity index (χ4n) is 3.02. The Hall–Kier alpha value is -1.61. The molecule has 0 amide bonds. The van der Waals surface area contributed by atoms with Crippen LogP contribution in [0, 0.1) is 6.92 Å². The van der Waals surface area contributed by atoms with Gasteiger partial charge < -0.3 is 54.0 Å². The minimum Gasteiger partial charge on any atom is -0.465 e. The molecule has 0 aliphatic carbocycles. The standard InChI is InChI=1S/C17H24O12/c1-6-15(7(18)2-3-25-6)29-17-14(24)12(22)11(21)9(28-17)5-27-16-13(23)10(20)8(19)4-26-16/h2-3,8-14,16-17,19-24H,4-5H2,1H3/t8-,9-,10+,11-,12+,13-,14-,16+,17+/m1/s1. The lowest BCUT2D eigenvalue weighted by Crippen LogP contribution is -2.61. The Labute approximate surface area is 164 Å². The number of hydrogen-bond donors (Lipinski definition) is 6. The highest BCUT2D eigenvalue weighted by molar-refractivity contribution is 5.23. The van der Waals surface area contributed by atoms with E-state index in [1.165, 1.54) is 13.2 Å². The van der Waals surface area contributed by atoms with Crippen LogP contribution in [0.4, 0.5) is 0 Å². The molecule has 164 valence electrons. The maximum atomic E-state index is 11.9. The fourth-order valence-corrected chi connectivity index (χ4v) is 3.02. The van der Waals surface area contributed by atoms with E-state index in [4.69, 9.17) is 23.4 Å². The first-order valence-corrected chi connectivity index (χ1v) is 8.92. The highest BCUT2D eigenvalue weighted by atomic mass is 16.7. The van der Waals surface area contributed by atoms with Crippen LogP contribution in [-0.2, 0) is 14.2 Å². The molecule has 0 radical (unpaired) electrons. The number of rotatable bonds is 5. The van der Waals surface area contributed by atoms with Gasteiger partial charge >= 0.3 is 0 Å². The molecular weight excluding hydrogens is 396 g/mol. The summed E-state index contributed by atoms with van der Waals surface area (Å²) in [7, 11) is 0. The number of hydrogen-bond acceptors (Lipinski definition) is 12. The van der Waals surface area contributed by atoms with Gasteiger partial charge in [-0.25, -0.2) is 0 Å². The third kappa shape index (κ3) is 4.60. The van der Waals surface area contributed by atoms with Gasteiger partial charge in [0.1, 0.15) is 48.5 Å². The molecule has 29 heavy (non-hydrogen) atoms. The van der Waals surface area contributed by atoms with E-state index in [0.29, 0.717) is 0 Å². The van der Waals surface area contributed by atoms with Gasteiger partial charge in [0.15, 0.2) is 6.29 Å². The molecule has 2 fully saturated rings. The van der Waals surface area contributed by atoms with Crippen LogP contribution in [0.2, 0.25) is 0 Å². The van der Waals surface area contributed by atoms with E-state index < -0.39 is 67.3 Å². The van der Waals surface area contributed by atoms with Gasteiger partial charge in [0.2, 0.25) is 17.5 Å². The molecular formula is C17H24O12. The summed E-state index contributed by atoms with van der Waals surface area (Å²) in [6.45, 7) is 0.740. The molecule has 3 heterocycles. The maximum absolute atomic E-state index is 11.9. The largest absolute Gasteiger partial charge is 0.465 e. The molecule has 3 rings (SSSR count). The lowest BCUT2D eigenvalue weighted by molar-refractivity contribution is -0.307. The van der Waals surface area contributed by atoms with Gasteiger partial charge in [-0.15, -0.1) is 0 Å². The van der Waals surface area contributed by atoms with Gasteiger partial charge in [0.25, 0.3) is 0 Å². The van der Waals surface area contributed by atoms with Crippen molar-refractivity contribution in [2.75, 3.05) is 13.2 Å². The highest BCUT2D eigenvalue weighted by Gasteiger charge is 2.46. The van der Waals surface area contributed by atoms with Gasteiger partial charge in [-0.05, 0) is 6.92 Å². The maximum Gasteiger partial charge on any atom is 0.229 e. The summed E-state index contributed by atoms with van der Waals surface area (Å²) in [5, 5.41) is 59.4. The molecule has 2 aliphatic rings. The van der Waals surface area contributed by atoms with Crippen LogP contribution in [0.5, 0.6) is 5.75 Å². The Balaban J connectivity index is 1.67. The van der Waals surface area contributed by atoms with Gasteiger partial charge in [-0.3, -0.25) is 4.79 Å². The van der Waals surface area contributed by atoms with E-state index in [1.807, 2.05) is 0 Å². The average Bonchev–Trinajstić information content (AvgIpc) is 2.69. The Morgan fingerprint density at radius 2 is 1.69 bits per heavy atom. The molecule has 9 atom stereocenters. The van der Waals surface area contributed by atoms with Gasteiger partial charge in [0, 0.05) is 6.07 Å². The lowest BCUT2D eigenvalue weighted by Gasteiger charge is -2.41. The first-order chi connectivity index (χ1) is 13.7. The topological polar surface area (TPSA) is 189 Å². The number of ether oxygens (including phenoxy) is 4. The molecule has 1 aromatic heterocycles. The SMILES string of the molecule is Cc1occc(=O)c1O[C@@H]1O[C@H](CO[C@@H]2OC[C@@H](O)[C@H](O)[C@H]2O)[C@@H](O)[C@H](O)[C@H]1O. The second kappa shape index (κ2) is 9.04. The molecule has 0 saturated carbocycles.